The molecule has 1 rings (SSSR count). The summed E-state index contributed by atoms with van der Waals surface area (Å²) in [5.41, 5.74) is 0.866. The van der Waals surface area contributed by atoms with Crippen LogP contribution in [0.1, 0.15) is 26.7 Å². The molecule has 1 aromatic rings. The van der Waals surface area contributed by atoms with Crippen molar-refractivity contribution in [1.29, 1.82) is 0 Å². The van der Waals surface area contributed by atoms with Crippen molar-refractivity contribution >= 4 is 45.6 Å². The number of methoxy groups -OCH3 is 1. The highest BCUT2D eigenvalue weighted by molar-refractivity contribution is 14.0. The summed E-state index contributed by atoms with van der Waals surface area (Å²) in [6, 6.07) is 7.66. The number of hydrogen-bond acceptors (Lipinski definition) is 5. The lowest BCUT2D eigenvalue weighted by Gasteiger charge is -2.13. The molecule has 0 radical (unpaired) electrons. The fourth-order valence-electron chi connectivity index (χ4n) is 2.10. The van der Waals surface area contributed by atoms with E-state index in [9.17, 15) is 8.42 Å². The molecule has 0 aromatic heterocycles. The van der Waals surface area contributed by atoms with Gasteiger partial charge in [0, 0.05) is 51.5 Å². The first kappa shape index (κ1) is 26.9. The van der Waals surface area contributed by atoms with E-state index in [1.165, 1.54) is 0 Å². The molecule has 0 aliphatic heterocycles. The molecule has 0 bridgehead atoms. The smallest absolute Gasteiger partial charge is 0.211 e. The Hall–Kier alpha value is -1.11. The van der Waals surface area contributed by atoms with Crippen LogP contribution in [0.25, 0.3) is 0 Å². The van der Waals surface area contributed by atoms with E-state index in [2.05, 4.69) is 20.3 Å². The molecule has 0 saturated carbocycles. The van der Waals surface area contributed by atoms with Gasteiger partial charge in [0.05, 0.1) is 12.4 Å². The number of guanidine groups is 1. The summed E-state index contributed by atoms with van der Waals surface area (Å²) in [6.07, 6.45) is 1.46. The van der Waals surface area contributed by atoms with Gasteiger partial charge < -0.3 is 20.1 Å². The molecule has 0 fully saturated rings. The second-order valence-corrected chi connectivity index (χ2v) is 7.86. The zero-order valence-corrected chi connectivity index (χ0v) is 20.0. The zero-order chi connectivity index (χ0) is 20.0. The molecular weight excluding hydrogens is 495 g/mol. The molecule has 0 aliphatic carbocycles. The summed E-state index contributed by atoms with van der Waals surface area (Å²) in [6.45, 7) is 6.48. The Labute approximate surface area is 185 Å². The standard InChI is InChI=1S/C18H32N4O4S.HI/c1-4-19-18(20-11-7-12-21-27(23,24)5-2)22-16-9-6-10-17(15-16)26-14-8-13-25-3;/h6,9-10,15,21H,4-5,7-8,11-14H2,1-3H3,(H2,19,20,22);1H. The van der Waals surface area contributed by atoms with Gasteiger partial charge in [0.15, 0.2) is 5.96 Å². The second kappa shape index (κ2) is 15.8. The quantitative estimate of drug-likeness (QED) is 0.157. The van der Waals surface area contributed by atoms with Crippen molar-refractivity contribution in [1.82, 2.24) is 10.0 Å². The van der Waals surface area contributed by atoms with E-state index < -0.39 is 10.0 Å². The Morgan fingerprint density at radius 1 is 1.18 bits per heavy atom. The fraction of sp³-hybridized carbons (Fsp3) is 0.611. The molecule has 0 spiro atoms. The van der Waals surface area contributed by atoms with Crippen molar-refractivity contribution in [3.63, 3.8) is 0 Å². The van der Waals surface area contributed by atoms with Crippen molar-refractivity contribution in [3.05, 3.63) is 24.3 Å². The lowest BCUT2D eigenvalue weighted by Crippen LogP contribution is -2.31. The highest BCUT2D eigenvalue weighted by Gasteiger charge is 2.05. The van der Waals surface area contributed by atoms with Crippen LogP contribution in [0.3, 0.4) is 0 Å². The normalized spacial score (nSPS) is 11.6. The maximum atomic E-state index is 11.4. The minimum absolute atomic E-state index is 0. The largest absolute Gasteiger partial charge is 0.493 e. The molecule has 0 unspecified atom stereocenters. The van der Waals surface area contributed by atoms with Crippen molar-refractivity contribution in [3.8, 4) is 5.75 Å². The number of rotatable bonds is 13. The van der Waals surface area contributed by atoms with Gasteiger partial charge >= 0.3 is 0 Å². The summed E-state index contributed by atoms with van der Waals surface area (Å²) in [4.78, 5) is 4.47. The Balaban J connectivity index is 0.00000729. The predicted octanol–water partition coefficient (Wildman–Crippen LogP) is 2.43. The van der Waals surface area contributed by atoms with Crippen molar-refractivity contribution in [2.24, 2.45) is 4.99 Å². The molecule has 3 N–H and O–H groups in total. The van der Waals surface area contributed by atoms with Gasteiger partial charge in [-0.1, -0.05) is 6.07 Å². The summed E-state index contributed by atoms with van der Waals surface area (Å²) in [5.74, 6) is 1.51. The summed E-state index contributed by atoms with van der Waals surface area (Å²) in [7, 11) is -1.48. The van der Waals surface area contributed by atoms with Crippen molar-refractivity contribution in [2.75, 3.05) is 51.0 Å². The maximum absolute atomic E-state index is 11.4. The van der Waals surface area contributed by atoms with Crippen LogP contribution >= 0.6 is 24.0 Å². The lowest BCUT2D eigenvalue weighted by atomic mass is 10.3. The van der Waals surface area contributed by atoms with Gasteiger partial charge in [-0.15, -0.1) is 24.0 Å². The molecule has 0 amide bonds. The predicted molar refractivity (Wildman–Crippen MR) is 126 cm³/mol. The summed E-state index contributed by atoms with van der Waals surface area (Å²) >= 11 is 0. The average molecular weight is 528 g/mol. The van der Waals surface area contributed by atoms with Gasteiger partial charge in [-0.25, -0.2) is 13.1 Å². The zero-order valence-electron chi connectivity index (χ0n) is 16.9. The van der Waals surface area contributed by atoms with E-state index in [0.29, 0.717) is 38.7 Å². The van der Waals surface area contributed by atoms with E-state index in [-0.39, 0.29) is 29.7 Å². The minimum atomic E-state index is -3.15. The number of ether oxygens (including phenoxy) is 2. The van der Waals surface area contributed by atoms with Crippen LogP contribution in [0.2, 0.25) is 0 Å². The number of anilines is 1. The molecule has 0 saturated heterocycles. The average Bonchev–Trinajstić information content (AvgIpc) is 2.65. The number of halogens is 1. The van der Waals surface area contributed by atoms with Gasteiger partial charge in [0.2, 0.25) is 10.0 Å². The van der Waals surface area contributed by atoms with Crippen LogP contribution in [0.5, 0.6) is 5.75 Å². The van der Waals surface area contributed by atoms with Crippen LogP contribution < -0.4 is 20.1 Å². The van der Waals surface area contributed by atoms with Crippen molar-refractivity contribution < 1.29 is 17.9 Å². The first-order valence-electron chi connectivity index (χ1n) is 9.25. The molecule has 10 heteroatoms. The Kier molecular flexibility index (Phi) is 15.1. The van der Waals surface area contributed by atoms with Gasteiger partial charge in [-0.3, -0.25) is 4.99 Å². The molecule has 1 aromatic carbocycles. The number of benzene rings is 1. The molecule has 28 heavy (non-hydrogen) atoms. The minimum Gasteiger partial charge on any atom is -0.493 e. The third kappa shape index (κ3) is 12.4. The van der Waals surface area contributed by atoms with Crippen molar-refractivity contribution in [2.45, 2.75) is 26.7 Å². The first-order valence-corrected chi connectivity index (χ1v) is 10.9. The Bertz CT molecular complexity index is 671. The van der Waals surface area contributed by atoms with E-state index in [4.69, 9.17) is 9.47 Å². The molecule has 162 valence electrons. The topological polar surface area (TPSA) is 101 Å². The summed E-state index contributed by atoms with van der Waals surface area (Å²) < 4.78 is 36.0. The van der Waals surface area contributed by atoms with Crippen LogP contribution in [0.15, 0.2) is 29.3 Å². The van der Waals surface area contributed by atoms with E-state index >= 15 is 0 Å². The number of hydrogen-bond donors (Lipinski definition) is 3. The van der Waals surface area contributed by atoms with Crippen LogP contribution in [0.4, 0.5) is 5.69 Å². The molecule has 0 atom stereocenters. The highest BCUT2D eigenvalue weighted by Crippen LogP contribution is 2.17. The van der Waals surface area contributed by atoms with E-state index in [1.54, 1.807) is 14.0 Å². The fourth-order valence-corrected chi connectivity index (χ4v) is 2.76. The lowest BCUT2D eigenvalue weighted by molar-refractivity contribution is 0.172. The SMILES string of the molecule is CCNC(=NCCCNS(=O)(=O)CC)Nc1cccc(OCCCOC)c1.I. The van der Waals surface area contributed by atoms with Gasteiger partial charge in [-0.2, -0.15) is 0 Å². The third-order valence-electron chi connectivity index (χ3n) is 3.51. The van der Waals surface area contributed by atoms with E-state index in [0.717, 1.165) is 24.4 Å². The van der Waals surface area contributed by atoms with E-state index in [1.807, 2.05) is 31.2 Å². The summed E-state index contributed by atoms with van der Waals surface area (Å²) in [5, 5.41) is 6.41. The number of sulfonamides is 1. The monoisotopic (exact) mass is 528 g/mol. The van der Waals surface area contributed by atoms with Gasteiger partial charge in [-0.05, 0) is 32.4 Å². The van der Waals surface area contributed by atoms with Crippen LogP contribution in [-0.4, -0.2) is 60.1 Å². The van der Waals surface area contributed by atoms with Gasteiger partial charge in [0.25, 0.3) is 0 Å². The van der Waals surface area contributed by atoms with Crippen LogP contribution in [0, 0.1) is 0 Å². The Morgan fingerprint density at radius 2 is 1.96 bits per heavy atom. The number of nitrogens with one attached hydrogen (secondary N) is 3. The highest BCUT2D eigenvalue weighted by atomic mass is 127. The maximum Gasteiger partial charge on any atom is 0.211 e. The molecule has 0 heterocycles. The molecule has 8 nitrogen and oxygen atoms in total. The van der Waals surface area contributed by atoms with Crippen LogP contribution in [-0.2, 0) is 14.8 Å². The molecule has 0 aliphatic rings. The first-order chi connectivity index (χ1) is 13.0. The number of nitrogens with zero attached hydrogens (tertiary/aromatic N) is 1. The third-order valence-corrected chi connectivity index (χ3v) is 4.91. The second-order valence-electron chi connectivity index (χ2n) is 5.76. The molecular formula is C18H33IN4O4S. The Morgan fingerprint density at radius 3 is 2.64 bits per heavy atom. The van der Waals surface area contributed by atoms with Gasteiger partial charge in [0.1, 0.15) is 5.75 Å². The number of aliphatic imine (C=N–C) groups is 1.